The van der Waals surface area contributed by atoms with Crippen molar-refractivity contribution in [3.05, 3.63) is 62.0 Å². The van der Waals surface area contributed by atoms with Gasteiger partial charge in [0.1, 0.15) is 10.7 Å². The van der Waals surface area contributed by atoms with Crippen molar-refractivity contribution < 1.29 is 9.90 Å². The molecule has 0 radical (unpaired) electrons. The summed E-state index contributed by atoms with van der Waals surface area (Å²) in [6.07, 6.45) is 4.32. The summed E-state index contributed by atoms with van der Waals surface area (Å²) in [6.45, 7) is 2.25. The lowest BCUT2D eigenvalue weighted by atomic mass is 9.97. The second-order valence-electron chi connectivity index (χ2n) is 6.44. The Morgan fingerprint density at radius 2 is 1.96 bits per heavy atom. The minimum Gasteiger partial charge on any atom is -0.478 e. The third-order valence-corrected chi connectivity index (χ3v) is 5.99. The summed E-state index contributed by atoms with van der Waals surface area (Å²) in [4.78, 5) is 30.9. The summed E-state index contributed by atoms with van der Waals surface area (Å²) < 4.78 is 1.69. The Morgan fingerprint density at radius 1 is 1.24 bits per heavy atom. The molecule has 0 unspecified atom stereocenters. The normalized spacial score (nSPS) is 13.8. The molecule has 1 N–H and O–H groups in total. The van der Waals surface area contributed by atoms with Gasteiger partial charge in [-0.3, -0.25) is 9.36 Å². The number of hydrogen-bond acceptors (Lipinski definition) is 4. The first-order valence-corrected chi connectivity index (χ1v) is 9.20. The van der Waals surface area contributed by atoms with E-state index in [1.54, 1.807) is 40.2 Å². The number of thiophene rings is 1. The molecule has 5 nitrogen and oxygen atoms in total. The lowest BCUT2D eigenvalue weighted by molar-refractivity contribution is 0.0697. The van der Waals surface area contributed by atoms with Crippen LogP contribution in [0.25, 0.3) is 10.2 Å². The van der Waals surface area contributed by atoms with Crippen molar-refractivity contribution in [1.29, 1.82) is 0 Å². The van der Waals surface area contributed by atoms with Crippen LogP contribution in [-0.2, 0) is 19.4 Å². The van der Waals surface area contributed by atoms with E-state index < -0.39 is 5.97 Å². The van der Waals surface area contributed by atoms with Gasteiger partial charge in [-0.1, -0.05) is 12.1 Å². The minimum absolute atomic E-state index is 0.0178. The zero-order valence-electron chi connectivity index (χ0n) is 13.9. The van der Waals surface area contributed by atoms with Crippen LogP contribution < -0.4 is 5.56 Å². The molecular formula is C19H18N2O3S. The molecule has 2 aromatic heterocycles. The molecule has 0 fully saturated rings. The first kappa shape index (κ1) is 16.0. The van der Waals surface area contributed by atoms with Crippen LogP contribution in [0.2, 0.25) is 0 Å². The third-order valence-electron chi connectivity index (χ3n) is 4.81. The number of aromatic carboxylic acids is 1. The maximum absolute atomic E-state index is 13.1. The van der Waals surface area contributed by atoms with Crippen molar-refractivity contribution in [2.75, 3.05) is 0 Å². The first-order chi connectivity index (χ1) is 12.0. The van der Waals surface area contributed by atoms with Crippen molar-refractivity contribution in [2.45, 2.75) is 39.2 Å². The zero-order chi connectivity index (χ0) is 17.6. The molecule has 1 aliphatic carbocycles. The van der Waals surface area contributed by atoms with Crippen LogP contribution >= 0.6 is 11.3 Å². The average Bonchev–Trinajstić information content (AvgIpc) is 2.97. The number of aromatic nitrogens is 2. The molecule has 25 heavy (non-hydrogen) atoms. The van der Waals surface area contributed by atoms with Crippen LogP contribution in [0, 0.1) is 6.92 Å². The van der Waals surface area contributed by atoms with Gasteiger partial charge < -0.3 is 5.11 Å². The van der Waals surface area contributed by atoms with E-state index in [4.69, 9.17) is 5.11 Å². The summed E-state index contributed by atoms with van der Waals surface area (Å²) in [5, 5.41) is 9.78. The van der Waals surface area contributed by atoms with E-state index in [2.05, 4.69) is 4.98 Å². The summed E-state index contributed by atoms with van der Waals surface area (Å²) in [5.41, 5.74) is 2.34. The Morgan fingerprint density at radius 3 is 2.68 bits per heavy atom. The van der Waals surface area contributed by atoms with Gasteiger partial charge >= 0.3 is 5.97 Å². The molecule has 0 atom stereocenters. The van der Waals surface area contributed by atoms with Crippen LogP contribution in [0.4, 0.5) is 0 Å². The van der Waals surface area contributed by atoms with Gasteiger partial charge in [0.05, 0.1) is 17.5 Å². The van der Waals surface area contributed by atoms with E-state index in [0.717, 1.165) is 35.0 Å². The quantitative estimate of drug-likeness (QED) is 0.782. The molecule has 2 heterocycles. The fourth-order valence-electron chi connectivity index (χ4n) is 3.46. The monoisotopic (exact) mass is 354 g/mol. The van der Waals surface area contributed by atoms with Gasteiger partial charge in [-0.25, -0.2) is 9.78 Å². The SMILES string of the molecule is Cc1nc2sc3c(c2c(=O)n1Cc1ccc(C(=O)O)cc1)CCCC3. The Kier molecular flexibility index (Phi) is 3.92. The molecular weight excluding hydrogens is 336 g/mol. The highest BCUT2D eigenvalue weighted by molar-refractivity contribution is 7.18. The van der Waals surface area contributed by atoms with Crippen LogP contribution in [0.1, 0.15) is 45.0 Å². The fourth-order valence-corrected chi connectivity index (χ4v) is 4.76. The third kappa shape index (κ3) is 2.76. The van der Waals surface area contributed by atoms with Crippen molar-refractivity contribution in [2.24, 2.45) is 0 Å². The summed E-state index contributed by atoms with van der Waals surface area (Å²) in [6, 6.07) is 6.64. The molecule has 128 valence electrons. The Labute approximate surface area is 148 Å². The lowest BCUT2D eigenvalue weighted by Gasteiger charge is -2.12. The molecule has 3 aromatic rings. The van der Waals surface area contributed by atoms with Gasteiger partial charge in [0.25, 0.3) is 5.56 Å². The maximum atomic E-state index is 13.1. The van der Waals surface area contributed by atoms with Crippen molar-refractivity contribution in [1.82, 2.24) is 9.55 Å². The van der Waals surface area contributed by atoms with Crippen molar-refractivity contribution in [3.8, 4) is 0 Å². The molecule has 6 heteroatoms. The highest BCUT2D eigenvalue weighted by Gasteiger charge is 2.21. The van der Waals surface area contributed by atoms with E-state index in [9.17, 15) is 9.59 Å². The molecule has 0 bridgehead atoms. The predicted octanol–water partition coefficient (Wildman–Crippen LogP) is 3.39. The number of rotatable bonds is 3. The number of hydrogen-bond donors (Lipinski definition) is 1. The summed E-state index contributed by atoms with van der Waals surface area (Å²) >= 11 is 1.66. The maximum Gasteiger partial charge on any atom is 0.335 e. The second kappa shape index (κ2) is 6.11. The molecule has 1 aromatic carbocycles. The highest BCUT2D eigenvalue weighted by atomic mass is 32.1. The largest absolute Gasteiger partial charge is 0.478 e. The number of carbonyl (C=O) groups is 1. The molecule has 0 aliphatic heterocycles. The van der Waals surface area contributed by atoms with E-state index in [0.29, 0.717) is 12.4 Å². The highest BCUT2D eigenvalue weighted by Crippen LogP contribution is 2.33. The first-order valence-electron chi connectivity index (χ1n) is 8.38. The number of carboxylic acid groups (broad SMARTS) is 1. The van der Waals surface area contributed by atoms with E-state index in [-0.39, 0.29) is 11.1 Å². The summed E-state index contributed by atoms with van der Waals surface area (Å²) in [5.74, 6) is -0.258. The molecule has 0 saturated carbocycles. The Bertz CT molecular complexity index is 1030. The van der Waals surface area contributed by atoms with Gasteiger partial charge in [0, 0.05) is 4.88 Å². The molecule has 0 saturated heterocycles. The van der Waals surface area contributed by atoms with Gasteiger partial charge in [-0.15, -0.1) is 11.3 Å². The Hall–Kier alpha value is -2.47. The number of carboxylic acids is 1. The lowest BCUT2D eigenvalue weighted by Crippen LogP contribution is -2.24. The van der Waals surface area contributed by atoms with Gasteiger partial charge in [-0.05, 0) is 55.9 Å². The topological polar surface area (TPSA) is 72.2 Å². The molecule has 1 aliphatic rings. The number of nitrogens with zero attached hydrogens (tertiary/aromatic N) is 2. The van der Waals surface area contributed by atoms with Crippen LogP contribution in [0.5, 0.6) is 0 Å². The van der Waals surface area contributed by atoms with Crippen molar-refractivity contribution >= 4 is 27.5 Å². The smallest absolute Gasteiger partial charge is 0.335 e. The molecule has 0 amide bonds. The van der Waals surface area contributed by atoms with Crippen molar-refractivity contribution in [3.63, 3.8) is 0 Å². The van der Waals surface area contributed by atoms with E-state index >= 15 is 0 Å². The Balaban J connectivity index is 1.79. The standard InChI is InChI=1S/C19H18N2O3S/c1-11-20-17-16(14-4-2-3-5-15(14)25-17)18(22)21(11)10-12-6-8-13(9-7-12)19(23)24/h6-9H,2-5,10H2,1H3,(H,23,24). The van der Waals surface area contributed by atoms with Crippen LogP contribution in [0.3, 0.4) is 0 Å². The van der Waals surface area contributed by atoms with Gasteiger partial charge in [0.15, 0.2) is 0 Å². The van der Waals surface area contributed by atoms with Crippen LogP contribution in [-0.4, -0.2) is 20.6 Å². The number of fused-ring (bicyclic) bond motifs is 3. The average molecular weight is 354 g/mol. The number of benzene rings is 1. The van der Waals surface area contributed by atoms with E-state index in [1.807, 2.05) is 6.92 Å². The zero-order valence-corrected chi connectivity index (χ0v) is 14.7. The predicted molar refractivity (Wildman–Crippen MR) is 97.8 cm³/mol. The number of aryl methyl sites for hydroxylation is 3. The van der Waals surface area contributed by atoms with Crippen LogP contribution in [0.15, 0.2) is 29.1 Å². The summed E-state index contributed by atoms with van der Waals surface area (Å²) in [7, 11) is 0. The molecule has 0 spiro atoms. The molecule has 4 rings (SSSR count). The fraction of sp³-hybridized carbons (Fsp3) is 0.316. The van der Waals surface area contributed by atoms with E-state index in [1.165, 1.54) is 16.9 Å². The second-order valence-corrected chi connectivity index (χ2v) is 7.53. The van der Waals surface area contributed by atoms with Gasteiger partial charge in [0.2, 0.25) is 0 Å². The minimum atomic E-state index is -0.951. The van der Waals surface area contributed by atoms with Gasteiger partial charge in [-0.2, -0.15) is 0 Å².